The van der Waals surface area contributed by atoms with E-state index >= 15 is 0 Å². The minimum atomic E-state index is -0.898. The summed E-state index contributed by atoms with van der Waals surface area (Å²) in [5.41, 5.74) is -0.411. The first-order valence-corrected chi connectivity index (χ1v) is 4.61. The summed E-state index contributed by atoms with van der Waals surface area (Å²) in [4.78, 5) is 10.7. The number of carbonyl (C=O) groups excluding carboxylic acids is 1. The van der Waals surface area contributed by atoms with E-state index < -0.39 is 11.1 Å². The van der Waals surface area contributed by atoms with Crippen molar-refractivity contribution in [1.29, 1.82) is 5.26 Å². The molecular formula is C8H2ClFINO. The molecule has 0 spiro atoms. The molecule has 13 heavy (non-hydrogen) atoms. The molecule has 1 aromatic carbocycles. The number of hydrogen-bond acceptors (Lipinski definition) is 2. The van der Waals surface area contributed by atoms with Gasteiger partial charge in [-0.15, -0.1) is 0 Å². The highest BCUT2D eigenvalue weighted by Gasteiger charge is 2.15. The number of hydrogen-bond donors (Lipinski definition) is 0. The maximum Gasteiger partial charge on any atom is 0.255 e. The highest BCUT2D eigenvalue weighted by Crippen LogP contribution is 2.19. The van der Waals surface area contributed by atoms with Crippen molar-refractivity contribution < 1.29 is 9.18 Å². The van der Waals surface area contributed by atoms with Crippen LogP contribution in [0.15, 0.2) is 12.1 Å². The zero-order valence-corrected chi connectivity index (χ0v) is 9.06. The second-order valence-electron chi connectivity index (χ2n) is 2.17. The van der Waals surface area contributed by atoms with Gasteiger partial charge in [-0.05, 0) is 46.3 Å². The van der Waals surface area contributed by atoms with Crippen molar-refractivity contribution in [1.82, 2.24) is 0 Å². The lowest BCUT2D eigenvalue weighted by Crippen LogP contribution is -1.99. The SMILES string of the molecule is N#Cc1c(I)ccc(C(=O)Cl)c1F. The normalized spacial score (nSPS) is 9.38. The molecule has 1 rings (SSSR count). The lowest BCUT2D eigenvalue weighted by molar-refractivity contribution is 0.107. The minimum absolute atomic E-state index is 0.146. The summed E-state index contributed by atoms with van der Waals surface area (Å²) in [6, 6.07) is 4.39. The van der Waals surface area contributed by atoms with E-state index in [1.54, 1.807) is 6.07 Å². The monoisotopic (exact) mass is 309 g/mol. The van der Waals surface area contributed by atoms with Gasteiger partial charge in [0.2, 0.25) is 0 Å². The average Bonchev–Trinajstić information content (AvgIpc) is 2.04. The third kappa shape index (κ3) is 1.98. The first kappa shape index (κ1) is 10.4. The number of carbonyl (C=O) groups is 1. The third-order valence-corrected chi connectivity index (χ3v) is 2.52. The second-order valence-corrected chi connectivity index (χ2v) is 3.67. The van der Waals surface area contributed by atoms with E-state index in [2.05, 4.69) is 0 Å². The zero-order chi connectivity index (χ0) is 10.0. The molecule has 0 fully saturated rings. The largest absolute Gasteiger partial charge is 0.275 e. The summed E-state index contributed by atoms with van der Waals surface area (Å²) < 4.78 is 13.7. The van der Waals surface area contributed by atoms with Gasteiger partial charge >= 0.3 is 0 Å². The molecule has 0 atom stereocenters. The zero-order valence-electron chi connectivity index (χ0n) is 6.14. The van der Waals surface area contributed by atoms with Crippen molar-refractivity contribution >= 4 is 39.4 Å². The molecule has 0 bridgehead atoms. The van der Waals surface area contributed by atoms with E-state index in [0.717, 1.165) is 0 Å². The minimum Gasteiger partial charge on any atom is -0.275 e. The maximum atomic E-state index is 13.3. The van der Waals surface area contributed by atoms with E-state index in [1.165, 1.54) is 12.1 Å². The first-order chi connectivity index (χ1) is 6.07. The number of rotatable bonds is 1. The maximum absolute atomic E-state index is 13.3. The molecule has 0 heterocycles. The summed E-state index contributed by atoms with van der Waals surface area (Å²) in [6.45, 7) is 0. The summed E-state index contributed by atoms with van der Waals surface area (Å²) in [7, 11) is 0. The van der Waals surface area contributed by atoms with Crippen molar-refractivity contribution in [2.45, 2.75) is 0 Å². The Kier molecular flexibility index (Phi) is 3.22. The third-order valence-electron chi connectivity index (χ3n) is 1.41. The Labute approximate surface area is 92.4 Å². The fourth-order valence-electron chi connectivity index (χ4n) is 0.807. The van der Waals surface area contributed by atoms with Crippen molar-refractivity contribution in [2.24, 2.45) is 0 Å². The summed E-state index contributed by atoms with van der Waals surface area (Å²) >= 11 is 6.91. The summed E-state index contributed by atoms with van der Waals surface area (Å²) in [5, 5.41) is 7.66. The Morgan fingerprint density at radius 3 is 2.69 bits per heavy atom. The van der Waals surface area contributed by atoms with E-state index in [-0.39, 0.29) is 11.1 Å². The standard InChI is InChI=1S/C8H2ClFINO/c9-8(13)4-1-2-6(11)5(3-12)7(4)10/h1-2H. The van der Waals surface area contributed by atoms with Crippen LogP contribution in [-0.2, 0) is 0 Å². The van der Waals surface area contributed by atoms with Crippen LogP contribution in [0.1, 0.15) is 15.9 Å². The van der Waals surface area contributed by atoms with Crippen LogP contribution in [0.4, 0.5) is 4.39 Å². The van der Waals surface area contributed by atoms with Gasteiger partial charge in [-0.2, -0.15) is 5.26 Å². The molecule has 1 aromatic rings. The lowest BCUT2D eigenvalue weighted by Gasteiger charge is -2.00. The molecule has 0 N–H and O–H groups in total. The molecule has 0 radical (unpaired) electrons. The molecule has 0 aliphatic rings. The highest BCUT2D eigenvalue weighted by molar-refractivity contribution is 14.1. The topological polar surface area (TPSA) is 40.9 Å². The predicted octanol–water partition coefficient (Wildman–Crippen LogP) is 2.68. The van der Waals surface area contributed by atoms with Crippen LogP contribution in [0.3, 0.4) is 0 Å². The Balaban J connectivity index is 3.47. The quantitative estimate of drug-likeness (QED) is 0.591. The Hall–Kier alpha value is -0.670. The molecule has 5 heteroatoms. The Morgan fingerprint density at radius 2 is 2.23 bits per heavy atom. The Bertz CT molecular complexity index is 413. The molecule has 66 valence electrons. The van der Waals surface area contributed by atoms with E-state index in [0.29, 0.717) is 3.57 Å². The molecule has 2 nitrogen and oxygen atoms in total. The molecule has 0 saturated carbocycles. The van der Waals surface area contributed by atoms with Gasteiger partial charge in [0.1, 0.15) is 11.6 Å². The van der Waals surface area contributed by atoms with Crippen molar-refractivity contribution in [3.05, 3.63) is 32.6 Å². The van der Waals surface area contributed by atoms with Gasteiger partial charge in [0.25, 0.3) is 5.24 Å². The molecule has 0 aliphatic heterocycles. The van der Waals surface area contributed by atoms with Crippen LogP contribution >= 0.6 is 34.2 Å². The van der Waals surface area contributed by atoms with Crippen LogP contribution in [0.25, 0.3) is 0 Å². The van der Waals surface area contributed by atoms with Gasteiger partial charge in [-0.3, -0.25) is 4.79 Å². The number of halogens is 3. The van der Waals surface area contributed by atoms with Crippen molar-refractivity contribution in [3.8, 4) is 6.07 Å². The van der Waals surface area contributed by atoms with Gasteiger partial charge in [-0.25, -0.2) is 4.39 Å². The molecule has 0 amide bonds. The van der Waals surface area contributed by atoms with E-state index in [4.69, 9.17) is 16.9 Å². The molecule has 0 saturated heterocycles. The van der Waals surface area contributed by atoms with Crippen molar-refractivity contribution in [3.63, 3.8) is 0 Å². The van der Waals surface area contributed by atoms with Crippen LogP contribution in [-0.4, -0.2) is 5.24 Å². The fraction of sp³-hybridized carbons (Fsp3) is 0. The van der Waals surface area contributed by atoms with Gasteiger partial charge < -0.3 is 0 Å². The van der Waals surface area contributed by atoms with Crippen LogP contribution < -0.4 is 0 Å². The molecule has 0 unspecified atom stereocenters. The van der Waals surface area contributed by atoms with Crippen molar-refractivity contribution in [2.75, 3.05) is 0 Å². The van der Waals surface area contributed by atoms with Crippen LogP contribution in [0, 0.1) is 20.7 Å². The second kappa shape index (κ2) is 4.03. The van der Waals surface area contributed by atoms with E-state index in [9.17, 15) is 9.18 Å². The van der Waals surface area contributed by atoms with Gasteiger partial charge in [0, 0.05) is 3.57 Å². The smallest absolute Gasteiger partial charge is 0.255 e. The first-order valence-electron chi connectivity index (χ1n) is 3.16. The van der Waals surface area contributed by atoms with Crippen LogP contribution in [0.5, 0.6) is 0 Å². The highest BCUT2D eigenvalue weighted by atomic mass is 127. The number of nitriles is 1. The van der Waals surface area contributed by atoms with Gasteiger partial charge in [0.15, 0.2) is 5.82 Å². The Morgan fingerprint density at radius 1 is 1.62 bits per heavy atom. The number of benzene rings is 1. The predicted molar refractivity (Wildman–Crippen MR) is 54.0 cm³/mol. The lowest BCUT2D eigenvalue weighted by atomic mass is 10.1. The summed E-state index contributed by atoms with van der Waals surface area (Å²) in [5.74, 6) is -0.852. The van der Waals surface area contributed by atoms with Gasteiger partial charge in [-0.1, -0.05) is 0 Å². The fourth-order valence-corrected chi connectivity index (χ4v) is 1.49. The van der Waals surface area contributed by atoms with Gasteiger partial charge in [0.05, 0.1) is 5.56 Å². The average molecular weight is 309 g/mol. The molecule has 0 aliphatic carbocycles. The van der Waals surface area contributed by atoms with Crippen LogP contribution in [0.2, 0.25) is 0 Å². The van der Waals surface area contributed by atoms with E-state index in [1.807, 2.05) is 22.6 Å². The summed E-state index contributed by atoms with van der Waals surface area (Å²) in [6.07, 6.45) is 0. The molecule has 0 aromatic heterocycles. The molecular weight excluding hydrogens is 307 g/mol. The number of nitrogens with zero attached hydrogens (tertiary/aromatic N) is 1.